The second kappa shape index (κ2) is 5.55. The molecule has 1 unspecified atom stereocenters. The van der Waals surface area contributed by atoms with Gasteiger partial charge in [-0.3, -0.25) is 0 Å². The lowest BCUT2D eigenvalue weighted by Gasteiger charge is -2.15. The van der Waals surface area contributed by atoms with Crippen molar-refractivity contribution in [3.05, 3.63) is 23.8 Å². The molecule has 1 heterocycles. The molecule has 0 radical (unpaired) electrons. The summed E-state index contributed by atoms with van der Waals surface area (Å²) in [4.78, 5) is 0. The minimum absolute atomic E-state index is 0.0845. The van der Waals surface area contributed by atoms with Crippen molar-refractivity contribution in [3.8, 4) is 17.6 Å². The second-order valence-corrected chi connectivity index (χ2v) is 3.92. The van der Waals surface area contributed by atoms with Crippen LogP contribution >= 0.6 is 0 Å². The molecule has 0 spiro atoms. The van der Waals surface area contributed by atoms with Crippen LogP contribution in [0.3, 0.4) is 0 Å². The van der Waals surface area contributed by atoms with Crippen molar-refractivity contribution < 1.29 is 14.2 Å². The van der Waals surface area contributed by atoms with Crippen LogP contribution in [0.1, 0.15) is 12.0 Å². The zero-order valence-corrected chi connectivity index (χ0v) is 9.81. The van der Waals surface area contributed by atoms with Crippen molar-refractivity contribution >= 4 is 0 Å². The standard InChI is InChI=1S/C13H15NO3/c1-15-12-3-2-10(4-6-14)8-13(12)17-11-5-7-16-9-11/h2-3,8,11H,4-5,7,9H2,1H3. The van der Waals surface area contributed by atoms with Gasteiger partial charge in [-0.15, -0.1) is 0 Å². The van der Waals surface area contributed by atoms with E-state index in [9.17, 15) is 0 Å². The van der Waals surface area contributed by atoms with E-state index >= 15 is 0 Å². The van der Waals surface area contributed by atoms with Gasteiger partial charge in [-0.05, 0) is 17.7 Å². The molecule has 90 valence electrons. The van der Waals surface area contributed by atoms with Crippen LogP contribution in [-0.2, 0) is 11.2 Å². The summed E-state index contributed by atoms with van der Waals surface area (Å²) in [6.07, 6.45) is 1.36. The Morgan fingerprint density at radius 2 is 2.35 bits per heavy atom. The molecule has 1 aliphatic rings. The summed E-state index contributed by atoms with van der Waals surface area (Å²) < 4.78 is 16.3. The van der Waals surface area contributed by atoms with E-state index in [1.54, 1.807) is 7.11 Å². The Kier molecular flexibility index (Phi) is 3.84. The zero-order chi connectivity index (χ0) is 12.1. The molecule has 1 aliphatic heterocycles. The van der Waals surface area contributed by atoms with Gasteiger partial charge in [0.15, 0.2) is 11.5 Å². The van der Waals surface area contributed by atoms with Gasteiger partial charge in [-0.25, -0.2) is 0 Å². The third-order valence-corrected chi connectivity index (χ3v) is 2.69. The average Bonchev–Trinajstić information content (AvgIpc) is 2.83. The van der Waals surface area contributed by atoms with Crippen molar-refractivity contribution in [1.29, 1.82) is 5.26 Å². The summed E-state index contributed by atoms with van der Waals surface area (Å²) in [5, 5.41) is 8.68. The number of hydrogen-bond acceptors (Lipinski definition) is 4. The van der Waals surface area contributed by atoms with Crippen LogP contribution in [0, 0.1) is 11.3 Å². The third-order valence-electron chi connectivity index (χ3n) is 2.69. The molecule has 17 heavy (non-hydrogen) atoms. The predicted octanol–water partition coefficient (Wildman–Crippen LogP) is 1.93. The lowest BCUT2D eigenvalue weighted by Crippen LogP contribution is -2.16. The molecule has 4 nitrogen and oxygen atoms in total. The van der Waals surface area contributed by atoms with Crippen LogP contribution in [0.5, 0.6) is 11.5 Å². The summed E-state index contributed by atoms with van der Waals surface area (Å²) in [5.74, 6) is 1.38. The van der Waals surface area contributed by atoms with Gasteiger partial charge in [-0.2, -0.15) is 5.26 Å². The average molecular weight is 233 g/mol. The largest absolute Gasteiger partial charge is 0.493 e. The molecular weight excluding hydrogens is 218 g/mol. The van der Waals surface area contributed by atoms with Gasteiger partial charge in [-0.1, -0.05) is 6.07 Å². The number of nitriles is 1. The molecule has 1 aromatic carbocycles. The highest BCUT2D eigenvalue weighted by atomic mass is 16.6. The number of nitrogens with zero attached hydrogens (tertiary/aromatic N) is 1. The number of rotatable bonds is 4. The van der Waals surface area contributed by atoms with Crippen LogP contribution in [-0.4, -0.2) is 26.4 Å². The molecule has 0 amide bonds. The molecule has 0 aliphatic carbocycles. The maximum absolute atomic E-state index is 8.68. The van der Waals surface area contributed by atoms with Crippen LogP contribution < -0.4 is 9.47 Å². The van der Waals surface area contributed by atoms with Gasteiger partial charge in [0.05, 0.1) is 32.8 Å². The maximum Gasteiger partial charge on any atom is 0.162 e. The normalized spacial score (nSPS) is 18.7. The van der Waals surface area contributed by atoms with E-state index in [2.05, 4.69) is 6.07 Å². The Hall–Kier alpha value is -1.73. The number of benzene rings is 1. The van der Waals surface area contributed by atoms with E-state index in [0.717, 1.165) is 18.6 Å². The SMILES string of the molecule is COc1ccc(CC#N)cc1OC1CCOC1. The molecule has 4 heteroatoms. The Morgan fingerprint density at radius 1 is 1.47 bits per heavy atom. The van der Waals surface area contributed by atoms with E-state index < -0.39 is 0 Å². The summed E-state index contributed by atoms with van der Waals surface area (Å²) in [5.41, 5.74) is 0.933. The van der Waals surface area contributed by atoms with Crippen molar-refractivity contribution in [2.75, 3.05) is 20.3 Å². The highest BCUT2D eigenvalue weighted by Gasteiger charge is 2.19. The van der Waals surface area contributed by atoms with Crippen molar-refractivity contribution in [2.24, 2.45) is 0 Å². The predicted molar refractivity (Wildman–Crippen MR) is 62.2 cm³/mol. The first kappa shape index (κ1) is 11.7. The monoisotopic (exact) mass is 233 g/mol. The topological polar surface area (TPSA) is 51.5 Å². The van der Waals surface area contributed by atoms with Crippen molar-refractivity contribution in [2.45, 2.75) is 18.9 Å². The lowest BCUT2D eigenvalue weighted by molar-refractivity contribution is 0.138. The molecule has 1 atom stereocenters. The van der Waals surface area contributed by atoms with Gasteiger partial charge in [0, 0.05) is 6.42 Å². The van der Waals surface area contributed by atoms with Gasteiger partial charge in [0.25, 0.3) is 0 Å². The highest BCUT2D eigenvalue weighted by molar-refractivity contribution is 5.43. The van der Waals surface area contributed by atoms with Crippen molar-refractivity contribution in [1.82, 2.24) is 0 Å². The third kappa shape index (κ3) is 2.89. The fourth-order valence-electron chi connectivity index (χ4n) is 1.80. The second-order valence-electron chi connectivity index (χ2n) is 3.92. The number of hydrogen-bond donors (Lipinski definition) is 0. The summed E-state index contributed by atoms with van der Waals surface area (Å²) in [6.45, 7) is 1.36. The summed E-state index contributed by atoms with van der Waals surface area (Å²) >= 11 is 0. The van der Waals surface area contributed by atoms with Crippen LogP contribution in [0.2, 0.25) is 0 Å². The fraction of sp³-hybridized carbons (Fsp3) is 0.462. The van der Waals surface area contributed by atoms with E-state index in [1.807, 2.05) is 18.2 Å². The first-order valence-electron chi connectivity index (χ1n) is 5.61. The lowest BCUT2D eigenvalue weighted by atomic mass is 10.1. The molecule has 2 rings (SSSR count). The molecule has 1 saturated heterocycles. The minimum atomic E-state index is 0.0845. The van der Waals surface area contributed by atoms with E-state index in [0.29, 0.717) is 24.5 Å². The van der Waals surface area contributed by atoms with Gasteiger partial charge < -0.3 is 14.2 Å². The maximum atomic E-state index is 8.68. The Bertz CT molecular complexity index is 419. The first-order chi connectivity index (χ1) is 8.33. The fourth-order valence-corrected chi connectivity index (χ4v) is 1.80. The molecule has 0 bridgehead atoms. The quantitative estimate of drug-likeness (QED) is 0.797. The van der Waals surface area contributed by atoms with Crippen molar-refractivity contribution in [3.63, 3.8) is 0 Å². The van der Waals surface area contributed by atoms with E-state index in [4.69, 9.17) is 19.5 Å². The number of methoxy groups -OCH3 is 1. The van der Waals surface area contributed by atoms with E-state index in [1.165, 1.54) is 0 Å². The summed E-state index contributed by atoms with van der Waals surface area (Å²) in [6, 6.07) is 7.69. The van der Waals surface area contributed by atoms with Crippen LogP contribution in [0.4, 0.5) is 0 Å². The van der Waals surface area contributed by atoms with Gasteiger partial charge in [0.1, 0.15) is 6.10 Å². The smallest absolute Gasteiger partial charge is 0.162 e. The molecular formula is C13H15NO3. The Morgan fingerprint density at radius 3 is 3.00 bits per heavy atom. The molecule has 0 saturated carbocycles. The number of ether oxygens (including phenoxy) is 3. The molecule has 0 N–H and O–H groups in total. The molecule has 0 aromatic heterocycles. The van der Waals surface area contributed by atoms with E-state index in [-0.39, 0.29) is 6.10 Å². The molecule has 1 aromatic rings. The van der Waals surface area contributed by atoms with Crippen LogP contribution in [0.15, 0.2) is 18.2 Å². The molecule has 1 fully saturated rings. The zero-order valence-electron chi connectivity index (χ0n) is 9.81. The van der Waals surface area contributed by atoms with Crippen LogP contribution in [0.25, 0.3) is 0 Å². The Balaban J connectivity index is 2.16. The van der Waals surface area contributed by atoms with Gasteiger partial charge >= 0.3 is 0 Å². The Labute approximate surface area is 101 Å². The van der Waals surface area contributed by atoms with Gasteiger partial charge in [0.2, 0.25) is 0 Å². The summed E-state index contributed by atoms with van der Waals surface area (Å²) in [7, 11) is 1.61. The highest BCUT2D eigenvalue weighted by Crippen LogP contribution is 2.30. The first-order valence-corrected chi connectivity index (χ1v) is 5.61. The minimum Gasteiger partial charge on any atom is -0.493 e.